The maximum absolute atomic E-state index is 13.4. The predicted octanol–water partition coefficient (Wildman–Crippen LogP) is 6.07. The highest BCUT2D eigenvalue weighted by Gasteiger charge is 2.47. The van der Waals surface area contributed by atoms with E-state index in [1.165, 1.54) is 4.90 Å². The van der Waals surface area contributed by atoms with E-state index in [2.05, 4.69) is 4.98 Å². The second kappa shape index (κ2) is 11.2. The summed E-state index contributed by atoms with van der Waals surface area (Å²) in [7, 11) is 0. The lowest BCUT2D eigenvalue weighted by atomic mass is 9.98. The normalized spacial score (nSPS) is 16.5. The summed E-state index contributed by atoms with van der Waals surface area (Å²) in [4.78, 5) is 32.6. The minimum atomic E-state index is -0.919. The van der Waals surface area contributed by atoms with Crippen LogP contribution in [0.1, 0.15) is 36.7 Å². The molecule has 0 aliphatic carbocycles. The third-order valence-corrected chi connectivity index (χ3v) is 6.25. The van der Waals surface area contributed by atoms with Gasteiger partial charge >= 0.3 is 0 Å². The molecule has 1 saturated heterocycles. The number of aliphatic hydroxyl groups excluding tert-OH is 1. The number of Topliss-reactive ketones (excluding diaryl/α,β-unsaturated/α-hetero) is 1. The lowest BCUT2D eigenvalue weighted by Crippen LogP contribution is -2.29. The molecule has 4 aromatic rings. The van der Waals surface area contributed by atoms with Crippen molar-refractivity contribution < 1.29 is 24.2 Å². The second-order valence-corrected chi connectivity index (χ2v) is 9.39. The number of hydrogen-bond acceptors (Lipinski definition) is 6. The molecular formula is C32H28N2O5. The summed E-state index contributed by atoms with van der Waals surface area (Å²) in [6, 6.07) is 27.9. The summed E-state index contributed by atoms with van der Waals surface area (Å²) in [5.74, 6) is -0.662. The van der Waals surface area contributed by atoms with Gasteiger partial charge in [0.1, 0.15) is 29.9 Å². The zero-order valence-electron chi connectivity index (χ0n) is 21.7. The molecule has 0 spiro atoms. The molecule has 7 nitrogen and oxygen atoms in total. The maximum Gasteiger partial charge on any atom is 0.300 e. The van der Waals surface area contributed by atoms with Crippen LogP contribution in [0.3, 0.4) is 0 Å². The van der Waals surface area contributed by atoms with E-state index in [0.717, 1.165) is 5.56 Å². The Morgan fingerprint density at radius 1 is 0.897 bits per heavy atom. The average molecular weight is 521 g/mol. The molecule has 2 heterocycles. The number of carbonyl (C=O) groups excluding carboxylic acids is 2. The van der Waals surface area contributed by atoms with Crippen molar-refractivity contribution in [3.63, 3.8) is 0 Å². The minimum absolute atomic E-state index is 0.0372. The average Bonchev–Trinajstić information content (AvgIpc) is 3.22. The number of amides is 1. The number of aromatic nitrogens is 1. The van der Waals surface area contributed by atoms with Gasteiger partial charge in [-0.2, -0.15) is 0 Å². The summed E-state index contributed by atoms with van der Waals surface area (Å²) in [5.41, 5.74) is 2.31. The number of nitrogens with zero attached hydrogens (tertiary/aromatic N) is 2. The molecule has 1 N–H and O–H groups in total. The highest BCUT2D eigenvalue weighted by molar-refractivity contribution is 6.51. The van der Waals surface area contributed by atoms with E-state index in [9.17, 15) is 14.7 Å². The van der Waals surface area contributed by atoms with Crippen molar-refractivity contribution in [3.8, 4) is 11.5 Å². The summed E-state index contributed by atoms with van der Waals surface area (Å²) in [6.45, 7) is 4.20. The second-order valence-electron chi connectivity index (χ2n) is 9.39. The van der Waals surface area contributed by atoms with Crippen LogP contribution in [0.4, 0.5) is 5.69 Å². The fourth-order valence-electron chi connectivity index (χ4n) is 4.50. The predicted molar refractivity (Wildman–Crippen MR) is 148 cm³/mol. The van der Waals surface area contributed by atoms with Gasteiger partial charge in [-0.3, -0.25) is 19.5 Å². The number of hydrogen-bond donors (Lipinski definition) is 1. The monoisotopic (exact) mass is 520 g/mol. The SMILES string of the molecule is CC(C)Oc1cccc(/C(O)=C2/C(=O)C(=O)N(c3ccc(OCc4ccccc4)cc3)C2c2ccccn2)c1. The molecule has 39 heavy (non-hydrogen) atoms. The Labute approximate surface area is 227 Å². The lowest BCUT2D eigenvalue weighted by molar-refractivity contribution is -0.132. The van der Waals surface area contributed by atoms with Crippen molar-refractivity contribution in [2.45, 2.75) is 32.6 Å². The van der Waals surface area contributed by atoms with Crippen LogP contribution < -0.4 is 14.4 Å². The van der Waals surface area contributed by atoms with Gasteiger partial charge in [-0.15, -0.1) is 0 Å². The van der Waals surface area contributed by atoms with Crippen LogP contribution in [0.15, 0.2) is 109 Å². The van der Waals surface area contributed by atoms with Crippen molar-refractivity contribution in [1.29, 1.82) is 0 Å². The molecule has 7 heteroatoms. The molecule has 1 aromatic heterocycles. The van der Waals surface area contributed by atoms with Gasteiger partial charge in [-0.05, 0) is 67.9 Å². The van der Waals surface area contributed by atoms with Gasteiger partial charge < -0.3 is 14.6 Å². The molecule has 1 unspecified atom stereocenters. The van der Waals surface area contributed by atoms with Gasteiger partial charge in [0.2, 0.25) is 0 Å². The van der Waals surface area contributed by atoms with Crippen molar-refractivity contribution in [3.05, 3.63) is 126 Å². The number of carbonyl (C=O) groups is 2. The Hall–Kier alpha value is -4.91. The van der Waals surface area contributed by atoms with E-state index in [1.54, 1.807) is 72.9 Å². The number of benzene rings is 3. The number of pyridine rings is 1. The largest absolute Gasteiger partial charge is 0.507 e. The molecule has 0 saturated carbocycles. The van der Waals surface area contributed by atoms with Gasteiger partial charge in [-0.25, -0.2) is 0 Å². The summed E-state index contributed by atoms with van der Waals surface area (Å²) < 4.78 is 11.6. The Balaban J connectivity index is 1.51. The zero-order valence-corrected chi connectivity index (χ0v) is 21.7. The maximum atomic E-state index is 13.4. The molecule has 0 bridgehead atoms. The molecule has 196 valence electrons. The molecular weight excluding hydrogens is 492 g/mol. The summed E-state index contributed by atoms with van der Waals surface area (Å²) in [6.07, 6.45) is 1.52. The summed E-state index contributed by atoms with van der Waals surface area (Å²) >= 11 is 0. The quantitative estimate of drug-likeness (QED) is 0.172. The zero-order chi connectivity index (χ0) is 27.4. The molecule has 0 radical (unpaired) electrons. The molecule has 3 aromatic carbocycles. The highest BCUT2D eigenvalue weighted by atomic mass is 16.5. The first-order valence-electron chi connectivity index (χ1n) is 12.7. The number of aliphatic hydroxyl groups is 1. The summed E-state index contributed by atoms with van der Waals surface area (Å²) in [5, 5.41) is 11.4. The van der Waals surface area contributed by atoms with E-state index in [-0.39, 0.29) is 17.4 Å². The third kappa shape index (κ3) is 5.52. The van der Waals surface area contributed by atoms with Crippen LogP contribution >= 0.6 is 0 Å². The Kier molecular flexibility index (Phi) is 7.41. The fourth-order valence-corrected chi connectivity index (χ4v) is 4.50. The first kappa shape index (κ1) is 25.7. The Morgan fingerprint density at radius 2 is 1.64 bits per heavy atom. The van der Waals surface area contributed by atoms with Crippen molar-refractivity contribution in [1.82, 2.24) is 4.98 Å². The van der Waals surface area contributed by atoms with Crippen LogP contribution in [0.25, 0.3) is 5.76 Å². The van der Waals surface area contributed by atoms with E-state index in [1.807, 2.05) is 44.2 Å². The molecule has 1 aliphatic rings. The van der Waals surface area contributed by atoms with Gasteiger partial charge in [0.15, 0.2) is 0 Å². The van der Waals surface area contributed by atoms with Gasteiger partial charge in [0.05, 0.1) is 17.4 Å². The third-order valence-electron chi connectivity index (χ3n) is 6.25. The molecule has 5 rings (SSSR count). The van der Waals surface area contributed by atoms with E-state index >= 15 is 0 Å². The van der Waals surface area contributed by atoms with Crippen LogP contribution in [-0.2, 0) is 16.2 Å². The van der Waals surface area contributed by atoms with Gasteiger partial charge in [0.25, 0.3) is 11.7 Å². The number of ketones is 1. The minimum Gasteiger partial charge on any atom is -0.507 e. The highest BCUT2D eigenvalue weighted by Crippen LogP contribution is 2.42. The van der Waals surface area contributed by atoms with Gasteiger partial charge in [0, 0.05) is 17.4 Å². The smallest absolute Gasteiger partial charge is 0.300 e. The van der Waals surface area contributed by atoms with Crippen LogP contribution in [0, 0.1) is 0 Å². The molecule has 1 fully saturated rings. The van der Waals surface area contributed by atoms with E-state index < -0.39 is 17.7 Å². The van der Waals surface area contributed by atoms with Crippen LogP contribution in [0.5, 0.6) is 11.5 Å². The van der Waals surface area contributed by atoms with Crippen molar-refractivity contribution in [2.75, 3.05) is 4.90 Å². The molecule has 1 aliphatic heterocycles. The topological polar surface area (TPSA) is 89.0 Å². The van der Waals surface area contributed by atoms with E-state index in [0.29, 0.717) is 35.1 Å². The van der Waals surface area contributed by atoms with Gasteiger partial charge in [-0.1, -0.05) is 48.5 Å². The number of rotatable bonds is 8. The van der Waals surface area contributed by atoms with Crippen molar-refractivity contribution >= 4 is 23.1 Å². The molecule has 1 amide bonds. The van der Waals surface area contributed by atoms with E-state index in [4.69, 9.17) is 9.47 Å². The Morgan fingerprint density at radius 3 is 2.33 bits per heavy atom. The van der Waals surface area contributed by atoms with Crippen molar-refractivity contribution in [2.24, 2.45) is 0 Å². The van der Waals surface area contributed by atoms with Crippen LogP contribution in [0.2, 0.25) is 0 Å². The first-order chi connectivity index (χ1) is 18.9. The number of ether oxygens (including phenoxy) is 2. The lowest BCUT2D eigenvalue weighted by Gasteiger charge is -2.24. The Bertz CT molecular complexity index is 1500. The first-order valence-corrected chi connectivity index (χ1v) is 12.7. The standard InChI is InChI=1S/C32H28N2O5/c1-21(2)39-26-12-8-11-23(19-26)30(35)28-29(27-13-6-7-18-33-27)34(32(37)31(28)36)24-14-16-25(17-15-24)38-20-22-9-4-3-5-10-22/h3-19,21,29,35H,20H2,1-2H3/b30-28-. The van der Waals surface area contributed by atoms with Crippen LogP contribution in [-0.4, -0.2) is 27.9 Å². The molecule has 1 atom stereocenters. The number of anilines is 1. The fraction of sp³-hybridized carbons (Fsp3) is 0.156.